The van der Waals surface area contributed by atoms with Crippen molar-refractivity contribution in [2.45, 2.75) is 32.0 Å². The summed E-state index contributed by atoms with van der Waals surface area (Å²) in [5.41, 5.74) is 6.68. The van der Waals surface area contributed by atoms with E-state index in [1.54, 1.807) is 36.1 Å². The van der Waals surface area contributed by atoms with Crippen LogP contribution in [0.4, 0.5) is 23.7 Å². The number of nitrogens with one attached hydrogen (secondary N) is 3. The topological polar surface area (TPSA) is 175 Å². The van der Waals surface area contributed by atoms with Gasteiger partial charge in [-0.2, -0.15) is 13.2 Å². The standard InChI is InChI=1S/C17H23N5O4.C2HF3O2/c1-2-26-14(23)7-9-20-17(25)21-13-8-10-22(16(13)24)12-5-3-11(4-6-12)15(18)19;3-2(4,5)1(6)7/h3-6,13H,2,7-10H2,1H3,(H3,18,19)(H2,20,21,25);(H,6,7). The number of hydrogen-bond donors (Lipinski definition) is 5. The van der Waals surface area contributed by atoms with Crippen LogP contribution in [-0.2, 0) is 19.1 Å². The van der Waals surface area contributed by atoms with Crippen molar-refractivity contribution in [3.63, 3.8) is 0 Å². The van der Waals surface area contributed by atoms with E-state index in [0.717, 1.165) is 0 Å². The fourth-order valence-corrected chi connectivity index (χ4v) is 2.61. The third kappa shape index (κ3) is 9.04. The lowest BCUT2D eigenvalue weighted by molar-refractivity contribution is -0.192. The average molecular weight is 475 g/mol. The van der Waals surface area contributed by atoms with Crippen LogP contribution in [0, 0.1) is 5.41 Å². The van der Waals surface area contributed by atoms with Gasteiger partial charge in [0.05, 0.1) is 13.0 Å². The minimum atomic E-state index is -5.08. The molecule has 0 bridgehead atoms. The number of halogens is 3. The molecule has 14 heteroatoms. The number of carbonyl (C=O) groups excluding carboxylic acids is 3. The smallest absolute Gasteiger partial charge is 0.475 e. The van der Waals surface area contributed by atoms with Crippen LogP contribution >= 0.6 is 0 Å². The summed E-state index contributed by atoms with van der Waals surface area (Å²) in [4.78, 5) is 46.0. The van der Waals surface area contributed by atoms with Gasteiger partial charge in [0.2, 0.25) is 5.91 Å². The maximum absolute atomic E-state index is 12.5. The van der Waals surface area contributed by atoms with Gasteiger partial charge in [0, 0.05) is 24.3 Å². The predicted octanol–water partition coefficient (Wildman–Crippen LogP) is 0.962. The first-order valence-corrected chi connectivity index (χ1v) is 9.62. The minimum Gasteiger partial charge on any atom is -0.475 e. The van der Waals surface area contributed by atoms with Gasteiger partial charge in [0.25, 0.3) is 0 Å². The van der Waals surface area contributed by atoms with E-state index in [9.17, 15) is 27.6 Å². The van der Waals surface area contributed by atoms with Crippen molar-refractivity contribution in [2.75, 3.05) is 24.6 Å². The highest BCUT2D eigenvalue weighted by Crippen LogP contribution is 2.22. The van der Waals surface area contributed by atoms with Crippen molar-refractivity contribution >= 4 is 35.4 Å². The molecule has 1 fully saturated rings. The highest BCUT2D eigenvalue weighted by atomic mass is 19.4. The Morgan fingerprint density at radius 2 is 1.85 bits per heavy atom. The summed E-state index contributed by atoms with van der Waals surface area (Å²) in [5, 5.41) is 19.7. The van der Waals surface area contributed by atoms with Crippen molar-refractivity contribution in [1.82, 2.24) is 10.6 Å². The van der Waals surface area contributed by atoms with Crippen LogP contribution in [0.25, 0.3) is 0 Å². The SMILES string of the molecule is CCOC(=O)CCNC(=O)NC1CCN(c2ccc(C(=N)N)cc2)C1=O.O=C(O)C(F)(F)F. The van der Waals surface area contributed by atoms with Crippen molar-refractivity contribution in [1.29, 1.82) is 5.41 Å². The summed E-state index contributed by atoms with van der Waals surface area (Å²) >= 11 is 0. The molecule has 1 atom stereocenters. The molecule has 0 spiro atoms. The Bertz CT molecular complexity index is 876. The lowest BCUT2D eigenvalue weighted by atomic mass is 10.2. The lowest BCUT2D eigenvalue weighted by Gasteiger charge is -2.17. The number of rotatable bonds is 7. The number of alkyl halides is 3. The van der Waals surface area contributed by atoms with E-state index in [4.69, 9.17) is 25.8 Å². The van der Waals surface area contributed by atoms with E-state index in [1.807, 2.05) is 0 Å². The molecule has 0 aliphatic carbocycles. The summed E-state index contributed by atoms with van der Waals surface area (Å²) in [6, 6.07) is 5.67. The number of ether oxygens (including phenoxy) is 1. The monoisotopic (exact) mass is 475 g/mol. The Hall–Kier alpha value is -3.84. The Balaban J connectivity index is 0.000000675. The van der Waals surface area contributed by atoms with E-state index in [2.05, 4.69) is 10.6 Å². The van der Waals surface area contributed by atoms with Crippen molar-refractivity contribution in [2.24, 2.45) is 5.73 Å². The van der Waals surface area contributed by atoms with Gasteiger partial charge in [-0.05, 0) is 37.6 Å². The molecule has 1 aliphatic rings. The normalized spacial score (nSPS) is 15.2. The summed E-state index contributed by atoms with van der Waals surface area (Å²) < 4.78 is 36.5. The number of amidine groups is 1. The largest absolute Gasteiger partial charge is 0.490 e. The molecule has 1 unspecified atom stereocenters. The van der Waals surface area contributed by atoms with Crippen LogP contribution < -0.4 is 21.3 Å². The zero-order valence-corrected chi connectivity index (χ0v) is 17.6. The number of esters is 1. The minimum absolute atomic E-state index is 0.0386. The number of nitrogens with two attached hydrogens (primary N) is 1. The predicted molar refractivity (Wildman–Crippen MR) is 110 cm³/mol. The molecule has 1 aliphatic heterocycles. The number of nitrogen functional groups attached to an aromatic ring is 1. The first kappa shape index (κ1) is 27.2. The number of carboxylic acids is 1. The summed E-state index contributed by atoms with van der Waals surface area (Å²) in [5.74, 6) is -3.39. The van der Waals surface area contributed by atoms with Crippen LogP contribution in [0.5, 0.6) is 0 Å². The number of amides is 3. The van der Waals surface area contributed by atoms with Crippen LogP contribution in [0.1, 0.15) is 25.3 Å². The molecule has 11 nitrogen and oxygen atoms in total. The zero-order chi connectivity index (χ0) is 25.2. The van der Waals surface area contributed by atoms with Gasteiger partial charge >= 0.3 is 24.1 Å². The fraction of sp³-hybridized carbons (Fsp3) is 0.421. The molecule has 3 amide bonds. The maximum Gasteiger partial charge on any atom is 0.490 e. The van der Waals surface area contributed by atoms with Gasteiger partial charge < -0.3 is 31.1 Å². The molecule has 6 N–H and O–H groups in total. The van der Waals surface area contributed by atoms with Crippen LogP contribution in [0.15, 0.2) is 24.3 Å². The molecule has 33 heavy (non-hydrogen) atoms. The molecule has 1 aromatic carbocycles. The number of urea groups is 1. The lowest BCUT2D eigenvalue weighted by Crippen LogP contribution is -2.46. The maximum atomic E-state index is 12.5. The third-order valence-corrected chi connectivity index (χ3v) is 4.16. The van der Waals surface area contributed by atoms with E-state index in [1.165, 1.54) is 0 Å². The number of hydrogen-bond acceptors (Lipinski definition) is 6. The summed E-state index contributed by atoms with van der Waals surface area (Å²) in [6.45, 7) is 2.63. The van der Waals surface area contributed by atoms with Gasteiger partial charge in [-0.1, -0.05) is 0 Å². The molecular weight excluding hydrogens is 451 g/mol. The second-order valence-corrected chi connectivity index (χ2v) is 6.55. The van der Waals surface area contributed by atoms with Crippen molar-refractivity contribution in [3.05, 3.63) is 29.8 Å². The third-order valence-electron chi connectivity index (χ3n) is 4.16. The number of anilines is 1. The Morgan fingerprint density at radius 3 is 2.33 bits per heavy atom. The highest BCUT2D eigenvalue weighted by Gasteiger charge is 2.38. The van der Waals surface area contributed by atoms with E-state index in [0.29, 0.717) is 30.8 Å². The second kappa shape index (κ2) is 12.3. The van der Waals surface area contributed by atoms with Gasteiger partial charge in [-0.25, -0.2) is 9.59 Å². The van der Waals surface area contributed by atoms with Crippen molar-refractivity contribution < 1.29 is 42.2 Å². The van der Waals surface area contributed by atoms with Gasteiger partial charge in [-0.15, -0.1) is 0 Å². The Labute approximate surface area is 186 Å². The average Bonchev–Trinajstić information content (AvgIpc) is 3.08. The molecule has 0 aromatic heterocycles. The van der Waals surface area contributed by atoms with Crippen molar-refractivity contribution in [3.8, 4) is 0 Å². The number of aliphatic carboxylic acids is 1. The van der Waals surface area contributed by atoms with E-state index in [-0.39, 0.29) is 30.7 Å². The zero-order valence-electron chi connectivity index (χ0n) is 17.6. The van der Waals surface area contributed by atoms with Crippen LogP contribution in [0.3, 0.4) is 0 Å². The summed E-state index contributed by atoms with van der Waals surface area (Å²) in [6.07, 6.45) is -4.52. The molecule has 1 aromatic rings. The number of carboxylic acid groups (broad SMARTS) is 1. The van der Waals surface area contributed by atoms with E-state index < -0.39 is 24.2 Å². The fourth-order valence-electron chi connectivity index (χ4n) is 2.61. The molecular formula is C19H24F3N5O6. The molecule has 0 saturated carbocycles. The van der Waals surface area contributed by atoms with Crippen LogP contribution in [-0.4, -0.2) is 66.7 Å². The second-order valence-electron chi connectivity index (χ2n) is 6.55. The summed E-state index contributed by atoms with van der Waals surface area (Å²) in [7, 11) is 0. The molecule has 182 valence electrons. The first-order chi connectivity index (χ1) is 15.4. The van der Waals surface area contributed by atoms with Gasteiger partial charge in [0.15, 0.2) is 0 Å². The number of benzene rings is 1. The number of nitrogens with zero attached hydrogens (tertiary/aromatic N) is 1. The molecule has 1 heterocycles. The molecule has 0 radical (unpaired) electrons. The Kier molecular flexibility index (Phi) is 10.1. The highest BCUT2D eigenvalue weighted by molar-refractivity contribution is 6.02. The van der Waals surface area contributed by atoms with E-state index >= 15 is 0 Å². The number of carbonyl (C=O) groups is 4. The molecule has 1 saturated heterocycles. The van der Waals surface area contributed by atoms with Crippen LogP contribution in [0.2, 0.25) is 0 Å². The quantitative estimate of drug-likeness (QED) is 0.222. The molecule has 2 rings (SSSR count). The van der Waals surface area contributed by atoms with Gasteiger partial charge in [-0.3, -0.25) is 15.0 Å². The first-order valence-electron chi connectivity index (χ1n) is 9.62. The Morgan fingerprint density at radius 1 is 1.27 bits per heavy atom. The van der Waals surface area contributed by atoms with Gasteiger partial charge in [0.1, 0.15) is 11.9 Å².